The maximum atomic E-state index is 4.02. The van der Waals surface area contributed by atoms with Gasteiger partial charge in [-0.1, -0.05) is 170 Å². The predicted octanol–water partition coefficient (Wildman–Crippen LogP) is 16.7. The van der Waals surface area contributed by atoms with Crippen molar-refractivity contribution in [3.8, 4) is 39.1 Å². The van der Waals surface area contributed by atoms with Crippen LogP contribution in [0.4, 0.5) is 22.7 Å². The first-order chi connectivity index (χ1) is 31.2. The molecule has 12 aromatic rings. The Kier molecular flexibility index (Phi) is 8.83. The van der Waals surface area contributed by atoms with Crippen molar-refractivity contribution in [1.29, 1.82) is 0 Å². The summed E-state index contributed by atoms with van der Waals surface area (Å²) in [6.07, 6.45) is 0. The molecule has 0 saturated carbocycles. The molecule has 63 heavy (non-hydrogen) atoms. The summed E-state index contributed by atoms with van der Waals surface area (Å²) in [5, 5.41) is 17.6. The van der Waals surface area contributed by atoms with E-state index < -0.39 is 0 Å². The van der Waals surface area contributed by atoms with E-state index in [0.717, 1.165) is 56.2 Å². The van der Waals surface area contributed by atoms with Gasteiger partial charge in [-0.3, -0.25) is 0 Å². The number of aromatic nitrogens is 1. The molecule has 296 valence electrons. The Morgan fingerprint density at radius 2 is 0.778 bits per heavy atom. The van der Waals surface area contributed by atoms with Crippen LogP contribution in [0.5, 0.6) is 0 Å². The monoisotopic (exact) mass is 803 g/mol. The molecule has 0 aliphatic heterocycles. The van der Waals surface area contributed by atoms with E-state index in [0.29, 0.717) is 0 Å². The van der Waals surface area contributed by atoms with E-state index in [1.54, 1.807) is 0 Å². The van der Waals surface area contributed by atoms with Gasteiger partial charge in [0.05, 0.1) is 16.7 Å². The van der Waals surface area contributed by atoms with Gasteiger partial charge in [0, 0.05) is 44.6 Å². The molecular weight excluding hydrogens is 763 g/mol. The van der Waals surface area contributed by atoms with E-state index >= 15 is 0 Å². The Bertz CT molecular complexity index is 3690. The zero-order chi connectivity index (χ0) is 41.7. The lowest BCUT2D eigenvalue weighted by molar-refractivity contribution is 1.18. The Morgan fingerprint density at radius 1 is 0.286 bits per heavy atom. The third-order valence-electron chi connectivity index (χ3n) is 12.5. The number of hydrogen-bond acceptors (Lipinski definition) is 2. The Labute approximate surface area is 366 Å². The highest BCUT2D eigenvalue weighted by Gasteiger charge is 2.18. The Balaban J connectivity index is 0.959. The molecular formula is C60H41N3. The molecule has 1 heterocycles. The number of hydrogen-bond donors (Lipinski definition) is 2. The number of rotatable bonds is 8. The molecule has 0 atom stereocenters. The third kappa shape index (κ3) is 6.64. The minimum absolute atomic E-state index is 1.02. The van der Waals surface area contributed by atoms with E-state index in [-0.39, 0.29) is 0 Å². The second-order valence-electron chi connectivity index (χ2n) is 16.3. The van der Waals surface area contributed by atoms with Crippen LogP contribution in [0.15, 0.2) is 237 Å². The van der Waals surface area contributed by atoms with Crippen LogP contribution in [0, 0.1) is 0 Å². The number of para-hydroxylation sites is 3. The maximum absolute atomic E-state index is 4.02. The van der Waals surface area contributed by atoms with E-state index in [1.807, 2.05) is 0 Å². The smallest absolute Gasteiger partial charge is 0.0776 e. The van der Waals surface area contributed by atoms with Crippen molar-refractivity contribution in [2.24, 2.45) is 0 Å². The number of nitrogens with one attached hydrogen (secondary N) is 2. The van der Waals surface area contributed by atoms with Crippen molar-refractivity contribution in [2.45, 2.75) is 0 Å². The molecule has 11 aromatic carbocycles. The molecule has 1 aromatic heterocycles. The third-order valence-corrected chi connectivity index (χ3v) is 12.5. The first-order valence-electron chi connectivity index (χ1n) is 21.6. The lowest BCUT2D eigenvalue weighted by Crippen LogP contribution is -2.00. The maximum Gasteiger partial charge on any atom is 0.0776 e. The zero-order valence-electron chi connectivity index (χ0n) is 34.5. The van der Waals surface area contributed by atoms with Crippen LogP contribution in [0.3, 0.4) is 0 Å². The summed E-state index contributed by atoms with van der Waals surface area (Å²) < 4.78 is 2.41. The van der Waals surface area contributed by atoms with Crippen molar-refractivity contribution < 1.29 is 0 Å². The Morgan fingerprint density at radius 3 is 1.46 bits per heavy atom. The average Bonchev–Trinajstić information content (AvgIpc) is 3.69. The van der Waals surface area contributed by atoms with Crippen LogP contribution in [0.25, 0.3) is 93.2 Å². The lowest BCUT2D eigenvalue weighted by atomic mass is 9.95. The Hall–Kier alpha value is -8.40. The summed E-state index contributed by atoms with van der Waals surface area (Å²) in [6, 6.07) is 85.5. The topological polar surface area (TPSA) is 29.0 Å². The molecule has 3 nitrogen and oxygen atoms in total. The van der Waals surface area contributed by atoms with Gasteiger partial charge in [0.25, 0.3) is 0 Å². The van der Waals surface area contributed by atoms with Crippen molar-refractivity contribution in [3.63, 3.8) is 0 Å². The van der Waals surface area contributed by atoms with Gasteiger partial charge >= 0.3 is 0 Å². The molecule has 0 bridgehead atoms. The number of anilines is 4. The number of fused-ring (bicyclic) bond motifs is 6. The summed E-state index contributed by atoms with van der Waals surface area (Å²) in [7, 11) is 0. The molecule has 0 fully saturated rings. The van der Waals surface area contributed by atoms with Gasteiger partial charge in [-0.2, -0.15) is 0 Å². The van der Waals surface area contributed by atoms with Crippen LogP contribution in [-0.4, -0.2) is 4.57 Å². The standard InChI is InChI=1S/C60H41N3/c1-4-15-43-36-46(27-24-40(43)12-1)47-30-35-53(49-29-26-42-14-3-6-17-45(42)38-49)58(39-47)62-57-22-11-20-55-54-19-8-10-23-59(54)63(60(55)57)51-33-31-50(32-34-51)61-56-21-9-7-18-52(56)48-28-25-41-13-2-5-16-44(41)37-48/h1-39,61-62H. The molecule has 0 unspecified atom stereocenters. The van der Waals surface area contributed by atoms with Crippen LogP contribution in [0.1, 0.15) is 0 Å². The van der Waals surface area contributed by atoms with Gasteiger partial charge in [-0.15, -0.1) is 0 Å². The van der Waals surface area contributed by atoms with E-state index in [1.165, 1.54) is 59.8 Å². The predicted molar refractivity (Wildman–Crippen MR) is 269 cm³/mol. The largest absolute Gasteiger partial charge is 0.355 e. The summed E-state index contributed by atoms with van der Waals surface area (Å²) >= 11 is 0. The normalized spacial score (nSPS) is 11.5. The van der Waals surface area contributed by atoms with E-state index in [9.17, 15) is 0 Å². The van der Waals surface area contributed by atoms with Gasteiger partial charge in [0.2, 0.25) is 0 Å². The fourth-order valence-electron chi connectivity index (χ4n) is 9.39. The number of nitrogens with zero attached hydrogens (tertiary/aromatic N) is 1. The van der Waals surface area contributed by atoms with E-state index in [4.69, 9.17) is 0 Å². The van der Waals surface area contributed by atoms with Crippen molar-refractivity contribution in [1.82, 2.24) is 4.57 Å². The molecule has 0 radical (unpaired) electrons. The minimum Gasteiger partial charge on any atom is -0.355 e. The molecule has 3 heteroatoms. The molecule has 0 aliphatic carbocycles. The molecule has 0 amide bonds. The van der Waals surface area contributed by atoms with Crippen LogP contribution < -0.4 is 10.6 Å². The van der Waals surface area contributed by atoms with Gasteiger partial charge in [0.15, 0.2) is 0 Å². The highest BCUT2D eigenvalue weighted by Crippen LogP contribution is 2.42. The average molecular weight is 804 g/mol. The fraction of sp³-hybridized carbons (Fsp3) is 0. The summed E-state index contributed by atoms with van der Waals surface area (Å²) in [4.78, 5) is 0. The van der Waals surface area contributed by atoms with Gasteiger partial charge in [-0.25, -0.2) is 0 Å². The summed E-state index contributed by atoms with van der Waals surface area (Å²) in [5.41, 5.74) is 14.5. The van der Waals surface area contributed by atoms with Crippen LogP contribution in [0.2, 0.25) is 0 Å². The van der Waals surface area contributed by atoms with Gasteiger partial charge in [-0.05, 0) is 121 Å². The zero-order valence-corrected chi connectivity index (χ0v) is 34.5. The quantitative estimate of drug-likeness (QED) is 0.160. The highest BCUT2D eigenvalue weighted by molar-refractivity contribution is 6.14. The SMILES string of the molecule is c1ccc(-c2ccc3ccccc3c2)c(Nc2ccc(-n3c4ccccc4c4cccc(Nc5cc(-c6ccc7ccccc7c6)ccc5-c5ccc6ccccc6c5)c43)cc2)c1. The molecule has 12 rings (SSSR count). The molecule has 0 saturated heterocycles. The van der Waals surface area contributed by atoms with Crippen LogP contribution in [-0.2, 0) is 0 Å². The first kappa shape index (κ1) is 36.5. The minimum atomic E-state index is 1.02. The van der Waals surface area contributed by atoms with Crippen molar-refractivity contribution in [3.05, 3.63) is 237 Å². The second kappa shape index (κ2) is 15.3. The second-order valence-corrected chi connectivity index (χ2v) is 16.3. The summed E-state index contributed by atoms with van der Waals surface area (Å²) in [5.74, 6) is 0. The number of benzene rings is 11. The molecule has 0 aliphatic rings. The lowest BCUT2D eigenvalue weighted by Gasteiger charge is -2.18. The first-order valence-corrected chi connectivity index (χ1v) is 21.6. The van der Waals surface area contributed by atoms with Crippen molar-refractivity contribution in [2.75, 3.05) is 10.6 Å². The highest BCUT2D eigenvalue weighted by atomic mass is 15.0. The van der Waals surface area contributed by atoms with Crippen molar-refractivity contribution >= 4 is 76.9 Å². The summed E-state index contributed by atoms with van der Waals surface area (Å²) in [6.45, 7) is 0. The molecule has 0 spiro atoms. The fourth-order valence-corrected chi connectivity index (χ4v) is 9.39. The van der Waals surface area contributed by atoms with Crippen LogP contribution >= 0.6 is 0 Å². The van der Waals surface area contributed by atoms with Gasteiger partial charge in [0.1, 0.15) is 0 Å². The molecule has 2 N–H and O–H groups in total. The van der Waals surface area contributed by atoms with Gasteiger partial charge < -0.3 is 15.2 Å². The van der Waals surface area contributed by atoms with E-state index in [2.05, 4.69) is 252 Å².